The largest absolute Gasteiger partial charge is 0.327 e. The first kappa shape index (κ1) is 13.5. The summed E-state index contributed by atoms with van der Waals surface area (Å²) in [5.74, 6) is 3.53. The number of nitrogens with two attached hydrogens (primary N) is 1. The van der Waals surface area contributed by atoms with Crippen LogP contribution in [0.2, 0.25) is 0 Å². The molecule has 1 saturated heterocycles. The summed E-state index contributed by atoms with van der Waals surface area (Å²) in [6.45, 7) is 0. The minimum absolute atomic E-state index is 0.325. The molecule has 1 atom stereocenters. The van der Waals surface area contributed by atoms with Crippen LogP contribution in [0.4, 0.5) is 0 Å². The van der Waals surface area contributed by atoms with Gasteiger partial charge in [0.25, 0.3) is 0 Å². The molecule has 0 spiro atoms. The van der Waals surface area contributed by atoms with Gasteiger partial charge in [0, 0.05) is 10.7 Å². The molecule has 0 bridgehead atoms. The number of rotatable bonds is 4. The van der Waals surface area contributed by atoms with Gasteiger partial charge in [0.15, 0.2) is 0 Å². The van der Waals surface area contributed by atoms with E-state index in [2.05, 4.69) is 41.4 Å². The molecule has 1 aromatic heterocycles. The van der Waals surface area contributed by atoms with Crippen molar-refractivity contribution in [2.45, 2.75) is 31.7 Å². The number of hydrogen-bond acceptors (Lipinski definition) is 3. The van der Waals surface area contributed by atoms with Crippen molar-refractivity contribution in [2.75, 3.05) is 11.5 Å². The van der Waals surface area contributed by atoms with Crippen LogP contribution >= 0.6 is 23.1 Å². The van der Waals surface area contributed by atoms with Crippen molar-refractivity contribution < 1.29 is 0 Å². The molecule has 1 aromatic carbocycles. The lowest BCUT2D eigenvalue weighted by atomic mass is 9.91. The van der Waals surface area contributed by atoms with Gasteiger partial charge in [-0.2, -0.15) is 11.8 Å². The first-order valence-corrected chi connectivity index (χ1v) is 9.15. The minimum atomic E-state index is 0.325. The molecule has 1 aliphatic heterocycles. The van der Waals surface area contributed by atoms with Gasteiger partial charge >= 0.3 is 0 Å². The van der Waals surface area contributed by atoms with E-state index in [0.29, 0.717) is 6.04 Å². The van der Waals surface area contributed by atoms with Gasteiger partial charge in [-0.15, -0.1) is 11.3 Å². The lowest BCUT2D eigenvalue weighted by Crippen LogP contribution is -2.27. The van der Waals surface area contributed by atoms with Gasteiger partial charge in [-0.1, -0.05) is 18.2 Å². The highest BCUT2D eigenvalue weighted by Gasteiger charge is 2.18. The van der Waals surface area contributed by atoms with E-state index in [1.807, 2.05) is 11.3 Å². The van der Waals surface area contributed by atoms with Crippen molar-refractivity contribution in [3.05, 3.63) is 35.2 Å². The maximum absolute atomic E-state index is 6.38. The topological polar surface area (TPSA) is 26.0 Å². The first-order valence-electron chi connectivity index (χ1n) is 7.11. The fourth-order valence-corrected chi connectivity index (χ4v) is 5.15. The van der Waals surface area contributed by atoms with Gasteiger partial charge in [0.1, 0.15) is 0 Å². The summed E-state index contributed by atoms with van der Waals surface area (Å²) < 4.78 is 1.39. The Morgan fingerprint density at radius 2 is 2.00 bits per heavy atom. The molecule has 0 amide bonds. The van der Waals surface area contributed by atoms with Crippen molar-refractivity contribution in [3.63, 3.8) is 0 Å². The summed E-state index contributed by atoms with van der Waals surface area (Å²) >= 11 is 3.94. The van der Waals surface area contributed by atoms with Crippen LogP contribution < -0.4 is 5.73 Å². The Kier molecular flexibility index (Phi) is 4.46. The van der Waals surface area contributed by atoms with Gasteiger partial charge < -0.3 is 5.73 Å². The standard InChI is InChI=1S/C16H21NS2/c17-14(9-12-5-7-18-8-6-12)10-13-11-19-16-4-2-1-3-15(13)16/h1-4,11-12,14H,5-10,17H2. The van der Waals surface area contributed by atoms with Crippen LogP contribution in [-0.2, 0) is 6.42 Å². The summed E-state index contributed by atoms with van der Waals surface area (Å²) in [5, 5.41) is 3.70. The summed E-state index contributed by atoms with van der Waals surface area (Å²) in [5.41, 5.74) is 7.83. The Morgan fingerprint density at radius 1 is 1.21 bits per heavy atom. The van der Waals surface area contributed by atoms with Crippen molar-refractivity contribution in [1.29, 1.82) is 0 Å². The molecule has 2 heterocycles. The molecule has 102 valence electrons. The Labute approximate surface area is 123 Å². The van der Waals surface area contributed by atoms with Crippen LogP contribution in [0.15, 0.2) is 29.6 Å². The highest BCUT2D eigenvalue weighted by molar-refractivity contribution is 7.99. The third-order valence-electron chi connectivity index (χ3n) is 4.02. The highest BCUT2D eigenvalue weighted by atomic mass is 32.2. The van der Waals surface area contributed by atoms with Crippen LogP contribution in [0.5, 0.6) is 0 Å². The molecule has 3 rings (SSSR count). The Bertz CT molecular complexity index is 528. The number of thiophene rings is 1. The maximum atomic E-state index is 6.38. The van der Waals surface area contributed by atoms with E-state index >= 15 is 0 Å². The fourth-order valence-electron chi connectivity index (χ4n) is 2.97. The Morgan fingerprint density at radius 3 is 2.84 bits per heavy atom. The second-order valence-electron chi connectivity index (χ2n) is 5.51. The predicted molar refractivity (Wildman–Crippen MR) is 88.2 cm³/mol. The molecule has 1 fully saturated rings. The van der Waals surface area contributed by atoms with E-state index in [4.69, 9.17) is 5.73 Å². The van der Waals surface area contributed by atoms with Gasteiger partial charge in [0.2, 0.25) is 0 Å². The number of thioether (sulfide) groups is 1. The second-order valence-corrected chi connectivity index (χ2v) is 7.65. The van der Waals surface area contributed by atoms with Crippen molar-refractivity contribution in [2.24, 2.45) is 11.7 Å². The Balaban J connectivity index is 1.63. The summed E-state index contributed by atoms with van der Waals surface area (Å²) in [6.07, 6.45) is 4.96. The van der Waals surface area contributed by atoms with Crippen molar-refractivity contribution in [3.8, 4) is 0 Å². The van der Waals surface area contributed by atoms with E-state index in [0.717, 1.165) is 12.3 Å². The summed E-state index contributed by atoms with van der Waals surface area (Å²) in [4.78, 5) is 0. The fraction of sp³-hybridized carbons (Fsp3) is 0.500. The lowest BCUT2D eigenvalue weighted by Gasteiger charge is -2.24. The molecule has 0 saturated carbocycles. The average molecular weight is 291 g/mol. The predicted octanol–water partition coefficient (Wildman–Crippen LogP) is 4.30. The molecule has 2 N–H and O–H groups in total. The number of fused-ring (bicyclic) bond motifs is 1. The van der Waals surface area contributed by atoms with Gasteiger partial charge in [-0.3, -0.25) is 0 Å². The molecule has 1 unspecified atom stereocenters. The normalized spacial score (nSPS) is 18.8. The average Bonchev–Trinajstić information content (AvgIpc) is 2.83. The molecular weight excluding hydrogens is 270 g/mol. The van der Waals surface area contributed by atoms with Crippen LogP contribution in [-0.4, -0.2) is 17.5 Å². The van der Waals surface area contributed by atoms with E-state index in [-0.39, 0.29) is 0 Å². The van der Waals surface area contributed by atoms with Crippen LogP contribution in [0.3, 0.4) is 0 Å². The second kappa shape index (κ2) is 6.29. The molecule has 0 radical (unpaired) electrons. The van der Waals surface area contributed by atoms with E-state index in [1.165, 1.54) is 46.4 Å². The zero-order valence-electron chi connectivity index (χ0n) is 11.2. The van der Waals surface area contributed by atoms with Crippen LogP contribution in [0.25, 0.3) is 10.1 Å². The first-order chi connectivity index (χ1) is 9.33. The zero-order valence-corrected chi connectivity index (χ0v) is 12.8. The molecule has 2 aromatic rings. The lowest BCUT2D eigenvalue weighted by molar-refractivity contribution is 0.406. The molecule has 1 aliphatic rings. The summed E-state index contributed by atoms with van der Waals surface area (Å²) in [7, 11) is 0. The molecule has 19 heavy (non-hydrogen) atoms. The van der Waals surface area contributed by atoms with Crippen molar-refractivity contribution in [1.82, 2.24) is 0 Å². The third-order valence-corrected chi connectivity index (χ3v) is 6.08. The van der Waals surface area contributed by atoms with E-state index in [9.17, 15) is 0 Å². The van der Waals surface area contributed by atoms with Gasteiger partial charge in [-0.05, 0) is 65.5 Å². The van der Waals surface area contributed by atoms with Gasteiger partial charge in [0.05, 0.1) is 0 Å². The number of hydrogen-bond donors (Lipinski definition) is 1. The quantitative estimate of drug-likeness (QED) is 0.908. The number of benzene rings is 1. The smallest absolute Gasteiger partial charge is 0.0345 e. The molecular formula is C16H21NS2. The third kappa shape index (κ3) is 3.33. The molecule has 1 nitrogen and oxygen atoms in total. The zero-order chi connectivity index (χ0) is 13.1. The SMILES string of the molecule is NC(Cc1csc2ccccc12)CC1CCSCC1. The molecule has 3 heteroatoms. The van der Waals surface area contributed by atoms with Crippen LogP contribution in [0, 0.1) is 5.92 Å². The molecule has 0 aliphatic carbocycles. The van der Waals surface area contributed by atoms with E-state index < -0.39 is 0 Å². The van der Waals surface area contributed by atoms with E-state index in [1.54, 1.807) is 0 Å². The Hall–Kier alpha value is -0.510. The monoisotopic (exact) mass is 291 g/mol. The van der Waals surface area contributed by atoms with Crippen LogP contribution in [0.1, 0.15) is 24.8 Å². The highest BCUT2D eigenvalue weighted by Crippen LogP contribution is 2.29. The van der Waals surface area contributed by atoms with Gasteiger partial charge in [-0.25, -0.2) is 0 Å². The van der Waals surface area contributed by atoms with Crippen molar-refractivity contribution >= 4 is 33.2 Å². The maximum Gasteiger partial charge on any atom is 0.0345 e. The minimum Gasteiger partial charge on any atom is -0.327 e. The summed E-state index contributed by atoms with van der Waals surface area (Å²) in [6, 6.07) is 8.99.